The normalized spacial score (nSPS) is 12.0. The number of benzene rings is 3. The number of carbonyl (C=O) groups excluding carboxylic acids is 1. The number of fused-ring (bicyclic) bond motifs is 1. The van der Waals surface area contributed by atoms with Gasteiger partial charge in [0, 0.05) is 11.3 Å². The highest BCUT2D eigenvalue weighted by atomic mass is 16.1. The summed E-state index contributed by atoms with van der Waals surface area (Å²) in [6.07, 6.45) is 0. The zero-order valence-electron chi connectivity index (χ0n) is 13.2. The highest BCUT2D eigenvalue weighted by molar-refractivity contribution is 5.94. The van der Waals surface area contributed by atoms with Crippen LogP contribution in [0.3, 0.4) is 0 Å². The average Bonchev–Trinajstić information content (AvgIpc) is 2.60. The van der Waals surface area contributed by atoms with E-state index in [1.54, 1.807) is 0 Å². The molecule has 0 spiro atoms. The largest absolute Gasteiger partial charge is 0.333 e. The van der Waals surface area contributed by atoms with Crippen molar-refractivity contribution in [3.63, 3.8) is 0 Å². The lowest BCUT2D eigenvalue weighted by molar-refractivity contribution is -0.682. The molecule has 3 N–H and O–H groups in total. The lowest BCUT2D eigenvalue weighted by Gasteiger charge is -2.11. The maximum Gasteiger partial charge on any atom is 0.279 e. The Kier molecular flexibility index (Phi) is 4.69. The van der Waals surface area contributed by atoms with Gasteiger partial charge in [0.2, 0.25) is 0 Å². The highest BCUT2D eigenvalue weighted by Crippen LogP contribution is 2.18. The van der Waals surface area contributed by atoms with E-state index in [2.05, 4.69) is 36.5 Å². The van der Waals surface area contributed by atoms with E-state index in [0.717, 1.165) is 11.1 Å². The van der Waals surface area contributed by atoms with Crippen LogP contribution in [0.4, 0.5) is 5.69 Å². The Morgan fingerprint density at radius 3 is 2.43 bits per heavy atom. The molecule has 116 valence electrons. The molecule has 1 atom stereocenters. The second-order valence-electron chi connectivity index (χ2n) is 5.75. The van der Waals surface area contributed by atoms with E-state index < -0.39 is 0 Å². The van der Waals surface area contributed by atoms with Gasteiger partial charge in [0.05, 0.1) is 0 Å². The first-order valence-corrected chi connectivity index (χ1v) is 7.89. The van der Waals surface area contributed by atoms with Crippen molar-refractivity contribution in [3.05, 3.63) is 78.4 Å². The highest BCUT2D eigenvalue weighted by Gasteiger charge is 2.11. The summed E-state index contributed by atoms with van der Waals surface area (Å²) in [5, 5.41) is 7.33. The van der Waals surface area contributed by atoms with E-state index in [1.807, 2.05) is 53.8 Å². The molecule has 0 saturated carbocycles. The molecule has 3 aromatic rings. The zero-order chi connectivity index (χ0) is 16.1. The van der Waals surface area contributed by atoms with Crippen LogP contribution in [0.15, 0.2) is 72.8 Å². The quantitative estimate of drug-likeness (QED) is 0.747. The fraction of sp³-hybridized carbons (Fsp3) is 0.150. The molecule has 3 rings (SSSR count). The number of rotatable bonds is 5. The van der Waals surface area contributed by atoms with Gasteiger partial charge in [-0.2, -0.15) is 0 Å². The van der Waals surface area contributed by atoms with Crippen LogP contribution in [0.5, 0.6) is 0 Å². The summed E-state index contributed by atoms with van der Waals surface area (Å²) in [6.45, 7) is 2.52. The Bertz CT molecular complexity index is 799. The summed E-state index contributed by atoms with van der Waals surface area (Å²) in [6, 6.07) is 24.6. The molecule has 0 aliphatic heterocycles. The van der Waals surface area contributed by atoms with Crippen molar-refractivity contribution in [2.24, 2.45) is 0 Å². The summed E-state index contributed by atoms with van der Waals surface area (Å²) < 4.78 is 0. The second-order valence-corrected chi connectivity index (χ2v) is 5.75. The van der Waals surface area contributed by atoms with Gasteiger partial charge >= 0.3 is 0 Å². The molecular formula is C20H21N2O+. The summed E-state index contributed by atoms with van der Waals surface area (Å²) in [7, 11) is 0. The SMILES string of the molecule is C[C@@H]([NH2+]CC(=O)Nc1ccc2ccccc2c1)c1ccccc1. The number of amides is 1. The van der Waals surface area contributed by atoms with Gasteiger partial charge in [-0.3, -0.25) is 4.79 Å². The van der Waals surface area contributed by atoms with Crippen LogP contribution >= 0.6 is 0 Å². The third-order valence-corrected chi connectivity index (χ3v) is 4.02. The van der Waals surface area contributed by atoms with Crippen molar-refractivity contribution >= 4 is 22.4 Å². The van der Waals surface area contributed by atoms with E-state index >= 15 is 0 Å². The number of nitrogens with two attached hydrogens (primary N) is 1. The number of nitrogens with one attached hydrogen (secondary N) is 1. The maximum absolute atomic E-state index is 12.1. The Hall–Kier alpha value is -2.65. The van der Waals surface area contributed by atoms with Crippen LogP contribution < -0.4 is 10.6 Å². The van der Waals surface area contributed by atoms with Gasteiger partial charge in [0.15, 0.2) is 6.54 Å². The van der Waals surface area contributed by atoms with Gasteiger partial charge in [-0.05, 0) is 29.8 Å². The molecule has 0 radical (unpaired) electrons. The molecule has 0 aromatic heterocycles. The fourth-order valence-electron chi connectivity index (χ4n) is 2.66. The monoisotopic (exact) mass is 305 g/mol. The second kappa shape index (κ2) is 7.07. The zero-order valence-corrected chi connectivity index (χ0v) is 13.2. The smallest absolute Gasteiger partial charge is 0.279 e. The van der Waals surface area contributed by atoms with Gasteiger partial charge in [0.1, 0.15) is 6.04 Å². The molecule has 0 saturated heterocycles. The molecule has 3 nitrogen and oxygen atoms in total. The Morgan fingerprint density at radius 1 is 0.957 bits per heavy atom. The number of hydrogen-bond donors (Lipinski definition) is 2. The minimum absolute atomic E-state index is 0.0167. The van der Waals surface area contributed by atoms with Crippen molar-refractivity contribution in [3.8, 4) is 0 Å². The van der Waals surface area contributed by atoms with Crippen molar-refractivity contribution in [1.29, 1.82) is 0 Å². The summed E-state index contributed by atoms with van der Waals surface area (Å²) in [5.74, 6) is 0.0167. The third kappa shape index (κ3) is 3.96. The van der Waals surface area contributed by atoms with Crippen LogP contribution in [0.2, 0.25) is 0 Å². The van der Waals surface area contributed by atoms with Gasteiger partial charge in [-0.15, -0.1) is 0 Å². The first kappa shape index (κ1) is 15.3. The van der Waals surface area contributed by atoms with Gasteiger partial charge in [-0.1, -0.05) is 60.7 Å². The predicted molar refractivity (Wildman–Crippen MR) is 94.2 cm³/mol. The Labute approximate surface area is 136 Å². The molecule has 0 aliphatic carbocycles. The predicted octanol–water partition coefficient (Wildman–Crippen LogP) is 3.10. The Balaban J connectivity index is 1.58. The topological polar surface area (TPSA) is 45.7 Å². The lowest BCUT2D eigenvalue weighted by atomic mass is 10.1. The summed E-state index contributed by atoms with van der Waals surface area (Å²) >= 11 is 0. The maximum atomic E-state index is 12.1. The van der Waals surface area contributed by atoms with Gasteiger partial charge in [0.25, 0.3) is 5.91 Å². The summed E-state index contributed by atoms with van der Waals surface area (Å²) in [4.78, 5) is 12.1. The molecule has 0 aliphatic rings. The van der Waals surface area contributed by atoms with E-state index in [4.69, 9.17) is 0 Å². The van der Waals surface area contributed by atoms with Gasteiger partial charge < -0.3 is 10.6 Å². The molecule has 0 unspecified atom stereocenters. The van der Waals surface area contributed by atoms with E-state index in [-0.39, 0.29) is 11.9 Å². The minimum Gasteiger partial charge on any atom is -0.333 e. The molecular weight excluding hydrogens is 284 g/mol. The van der Waals surface area contributed by atoms with Crippen LogP contribution in [0.25, 0.3) is 10.8 Å². The number of hydrogen-bond acceptors (Lipinski definition) is 1. The number of quaternary nitrogens is 1. The fourth-order valence-corrected chi connectivity index (χ4v) is 2.66. The Morgan fingerprint density at radius 2 is 1.65 bits per heavy atom. The van der Waals surface area contributed by atoms with E-state index in [0.29, 0.717) is 6.54 Å². The molecule has 3 heteroatoms. The molecule has 0 bridgehead atoms. The average molecular weight is 305 g/mol. The van der Waals surface area contributed by atoms with Crippen LogP contribution in [0.1, 0.15) is 18.5 Å². The van der Waals surface area contributed by atoms with Crippen LogP contribution in [-0.2, 0) is 4.79 Å². The van der Waals surface area contributed by atoms with Crippen LogP contribution in [-0.4, -0.2) is 12.5 Å². The number of carbonyl (C=O) groups is 1. The van der Waals surface area contributed by atoms with Crippen molar-refractivity contribution < 1.29 is 10.1 Å². The first-order chi connectivity index (χ1) is 11.2. The summed E-state index contributed by atoms with van der Waals surface area (Å²) in [5.41, 5.74) is 2.07. The molecule has 0 heterocycles. The molecule has 23 heavy (non-hydrogen) atoms. The molecule has 0 fully saturated rings. The minimum atomic E-state index is 0.0167. The third-order valence-electron chi connectivity index (χ3n) is 4.02. The molecule has 1 amide bonds. The van der Waals surface area contributed by atoms with Gasteiger partial charge in [-0.25, -0.2) is 0 Å². The van der Waals surface area contributed by atoms with Crippen molar-refractivity contribution in [2.45, 2.75) is 13.0 Å². The lowest BCUT2D eigenvalue weighted by Crippen LogP contribution is -2.86. The standard InChI is InChI=1S/C20H20N2O/c1-15(16-7-3-2-4-8-16)21-14-20(23)22-19-12-11-17-9-5-6-10-18(17)13-19/h2-13,15,21H,14H2,1H3,(H,22,23)/p+1/t15-/m1/s1. The number of anilines is 1. The molecule has 3 aromatic carbocycles. The van der Waals surface area contributed by atoms with E-state index in [1.165, 1.54) is 10.9 Å². The first-order valence-electron chi connectivity index (χ1n) is 7.89. The van der Waals surface area contributed by atoms with E-state index in [9.17, 15) is 4.79 Å². The van der Waals surface area contributed by atoms with Crippen molar-refractivity contribution in [2.75, 3.05) is 11.9 Å². The van der Waals surface area contributed by atoms with Crippen LogP contribution in [0, 0.1) is 0 Å². The van der Waals surface area contributed by atoms with Crippen molar-refractivity contribution in [1.82, 2.24) is 0 Å².